The van der Waals surface area contributed by atoms with E-state index in [0.717, 1.165) is 17.2 Å². The van der Waals surface area contributed by atoms with E-state index in [1.165, 1.54) is 0 Å². The first-order valence-electron chi connectivity index (χ1n) is 6.82. The molecule has 2 N–H and O–H groups in total. The van der Waals surface area contributed by atoms with Gasteiger partial charge in [0.2, 0.25) is 11.8 Å². The van der Waals surface area contributed by atoms with Crippen LogP contribution in [0.4, 0.5) is 5.95 Å². The zero-order valence-electron chi connectivity index (χ0n) is 12.6. The molecule has 0 aliphatic carbocycles. The van der Waals surface area contributed by atoms with Gasteiger partial charge >= 0.3 is 5.97 Å². The van der Waals surface area contributed by atoms with E-state index in [9.17, 15) is 9.90 Å². The molecule has 1 aliphatic rings. The Bertz CT molecular complexity index is 745. The van der Waals surface area contributed by atoms with E-state index in [2.05, 4.69) is 9.97 Å². The molecule has 0 spiro atoms. The number of hydrogen-bond acceptors (Lipinski definition) is 7. The van der Waals surface area contributed by atoms with Crippen molar-refractivity contribution in [1.82, 2.24) is 9.97 Å². The fourth-order valence-corrected chi connectivity index (χ4v) is 2.54. The van der Waals surface area contributed by atoms with Crippen molar-refractivity contribution < 1.29 is 24.5 Å². The number of ether oxygens (including phenoxy) is 2. The quantitative estimate of drug-likeness (QED) is 0.872. The molecule has 120 valence electrons. The van der Waals surface area contributed by atoms with Gasteiger partial charge in [-0.2, -0.15) is 4.98 Å². The highest BCUT2D eigenvalue weighted by Gasteiger charge is 2.25. The minimum Gasteiger partial charge on any atom is -0.493 e. The highest BCUT2D eigenvalue weighted by molar-refractivity contribution is 5.86. The van der Waals surface area contributed by atoms with E-state index >= 15 is 0 Å². The molecule has 1 aromatic carbocycles. The first kappa shape index (κ1) is 14.9. The van der Waals surface area contributed by atoms with Gasteiger partial charge in [-0.15, -0.1) is 0 Å². The monoisotopic (exact) mass is 317 g/mol. The Morgan fingerprint density at radius 3 is 2.13 bits per heavy atom. The predicted octanol–water partition coefficient (Wildman–Crippen LogP) is 1.42. The van der Waals surface area contributed by atoms with Crippen LogP contribution in [0.1, 0.15) is 21.6 Å². The molecule has 0 unspecified atom stereocenters. The van der Waals surface area contributed by atoms with Crippen molar-refractivity contribution in [3.63, 3.8) is 0 Å². The van der Waals surface area contributed by atoms with Gasteiger partial charge < -0.3 is 24.6 Å². The third kappa shape index (κ3) is 2.70. The van der Waals surface area contributed by atoms with Crippen molar-refractivity contribution in [2.24, 2.45) is 0 Å². The maximum absolute atomic E-state index is 11.1. The largest absolute Gasteiger partial charge is 0.493 e. The Labute approximate surface area is 131 Å². The van der Waals surface area contributed by atoms with Crippen molar-refractivity contribution in [3.8, 4) is 17.4 Å². The third-order valence-corrected chi connectivity index (χ3v) is 3.63. The van der Waals surface area contributed by atoms with Crippen LogP contribution in [0.5, 0.6) is 17.4 Å². The molecular formula is C15H15N3O5. The summed E-state index contributed by atoms with van der Waals surface area (Å²) in [5.41, 5.74) is 1.76. The van der Waals surface area contributed by atoms with Crippen LogP contribution in [0.25, 0.3) is 0 Å². The average molecular weight is 317 g/mol. The van der Waals surface area contributed by atoms with E-state index in [1.54, 1.807) is 19.1 Å². The number of nitrogens with zero attached hydrogens (tertiary/aromatic N) is 3. The molecule has 0 amide bonds. The van der Waals surface area contributed by atoms with E-state index < -0.39 is 5.97 Å². The number of aromatic carboxylic acids is 1. The fraction of sp³-hybridized carbons (Fsp3) is 0.267. The molecule has 1 aromatic heterocycles. The van der Waals surface area contributed by atoms with Crippen LogP contribution >= 0.6 is 0 Å². The Morgan fingerprint density at radius 1 is 1.09 bits per heavy atom. The van der Waals surface area contributed by atoms with Crippen molar-refractivity contribution in [3.05, 3.63) is 35.0 Å². The van der Waals surface area contributed by atoms with Gasteiger partial charge in [-0.25, -0.2) is 9.78 Å². The number of hydrogen-bond donors (Lipinski definition) is 2. The second-order valence-corrected chi connectivity index (χ2v) is 5.05. The van der Waals surface area contributed by atoms with Crippen molar-refractivity contribution in [2.45, 2.75) is 13.1 Å². The number of aromatic hydroxyl groups is 1. The Kier molecular flexibility index (Phi) is 3.65. The summed E-state index contributed by atoms with van der Waals surface area (Å²) in [6.07, 6.45) is 0. The molecule has 2 aromatic rings. The number of aromatic nitrogens is 2. The number of carboxylic acid groups (broad SMARTS) is 1. The zero-order chi connectivity index (χ0) is 16.6. The molecule has 8 nitrogen and oxygen atoms in total. The smallest absolute Gasteiger partial charge is 0.354 e. The lowest BCUT2D eigenvalue weighted by Crippen LogP contribution is -2.19. The molecule has 3 rings (SSSR count). The van der Waals surface area contributed by atoms with E-state index in [4.69, 9.17) is 14.6 Å². The highest BCUT2D eigenvalue weighted by Crippen LogP contribution is 2.36. The molecule has 2 heterocycles. The summed E-state index contributed by atoms with van der Waals surface area (Å²) in [5, 5.41) is 18.6. The minimum absolute atomic E-state index is 0.163. The van der Waals surface area contributed by atoms with Gasteiger partial charge in [-0.1, -0.05) is 0 Å². The maximum Gasteiger partial charge on any atom is 0.354 e. The molecule has 23 heavy (non-hydrogen) atoms. The molecule has 0 saturated heterocycles. The van der Waals surface area contributed by atoms with E-state index in [-0.39, 0.29) is 17.5 Å². The second-order valence-electron chi connectivity index (χ2n) is 5.05. The molecule has 0 bridgehead atoms. The van der Waals surface area contributed by atoms with Crippen molar-refractivity contribution in [1.29, 1.82) is 0 Å². The molecule has 1 aliphatic heterocycles. The fourth-order valence-electron chi connectivity index (χ4n) is 2.54. The third-order valence-electron chi connectivity index (χ3n) is 3.63. The summed E-state index contributed by atoms with van der Waals surface area (Å²) >= 11 is 0. The van der Waals surface area contributed by atoms with Crippen LogP contribution in [0, 0.1) is 0 Å². The van der Waals surface area contributed by atoms with Crippen LogP contribution < -0.4 is 14.4 Å². The zero-order valence-corrected chi connectivity index (χ0v) is 12.6. The van der Waals surface area contributed by atoms with Gasteiger partial charge in [0, 0.05) is 19.2 Å². The van der Waals surface area contributed by atoms with Gasteiger partial charge in [0.05, 0.1) is 14.2 Å². The molecule has 8 heteroatoms. The number of carboxylic acids is 1. The van der Waals surface area contributed by atoms with Crippen LogP contribution in [-0.2, 0) is 13.1 Å². The van der Waals surface area contributed by atoms with E-state index in [0.29, 0.717) is 24.6 Å². The lowest BCUT2D eigenvalue weighted by atomic mass is 10.1. The lowest BCUT2D eigenvalue weighted by Gasteiger charge is -2.15. The number of rotatable bonds is 4. The predicted molar refractivity (Wildman–Crippen MR) is 80.1 cm³/mol. The topological polar surface area (TPSA) is 105 Å². The Morgan fingerprint density at radius 2 is 1.65 bits per heavy atom. The SMILES string of the molecule is COc1cc2c(cc1OC)CN(c1nc(O)cc(C(=O)O)n1)C2. The molecule has 0 fully saturated rings. The van der Waals surface area contributed by atoms with Gasteiger partial charge in [0.15, 0.2) is 17.2 Å². The first-order chi connectivity index (χ1) is 11.0. The first-order valence-corrected chi connectivity index (χ1v) is 6.82. The molecule has 0 radical (unpaired) electrons. The second kappa shape index (κ2) is 5.64. The Balaban J connectivity index is 1.94. The van der Waals surface area contributed by atoms with Crippen LogP contribution in [0.15, 0.2) is 18.2 Å². The number of carbonyl (C=O) groups is 1. The van der Waals surface area contributed by atoms with Crippen LogP contribution in [0.2, 0.25) is 0 Å². The van der Waals surface area contributed by atoms with Crippen LogP contribution in [0.3, 0.4) is 0 Å². The summed E-state index contributed by atoms with van der Waals surface area (Å²) in [5.74, 6) is -0.189. The number of benzene rings is 1. The summed E-state index contributed by atoms with van der Waals surface area (Å²) in [6, 6.07) is 4.76. The standard InChI is InChI=1S/C15H15N3O5/c1-22-11-3-8-6-18(7-9(8)4-12(11)23-2)15-16-10(14(20)21)5-13(19)17-15/h3-5H,6-7H2,1-2H3,(H,20,21)(H,16,17,19). The van der Waals surface area contributed by atoms with E-state index in [1.807, 2.05) is 12.1 Å². The molecule has 0 saturated carbocycles. The normalized spacial score (nSPS) is 12.9. The van der Waals surface area contributed by atoms with Gasteiger partial charge in [0.1, 0.15) is 0 Å². The molecular weight excluding hydrogens is 302 g/mol. The summed E-state index contributed by atoms with van der Waals surface area (Å²) in [7, 11) is 3.13. The number of anilines is 1. The maximum atomic E-state index is 11.1. The number of methoxy groups -OCH3 is 2. The Hall–Kier alpha value is -3.03. The van der Waals surface area contributed by atoms with Crippen molar-refractivity contribution in [2.75, 3.05) is 19.1 Å². The van der Waals surface area contributed by atoms with Gasteiger partial charge in [0.25, 0.3) is 0 Å². The summed E-state index contributed by atoms with van der Waals surface area (Å²) in [4.78, 5) is 20.7. The lowest BCUT2D eigenvalue weighted by molar-refractivity contribution is 0.0689. The highest BCUT2D eigenvalue weighted by atomic mass is 16.5. The minimum atomic E-state index is -1.22. The average Bonchev–Trinajstić information content (AvgIpc) is 2.95. The number of fused-ring (bicyclic) bond motifs is 1. The van der Waals surface area contributed by atoms with Gasteiger partial charge in [-0.3, -0.25) is 0 Å². The summed E-state index contributed by atoms with van der Waals surface area (Å²) < 4.78 is 10.6. The van der Waals surface area contributed by atoms with Crippen LogP contribution in [-0.4, -0.2) is 40.4 Å². The van der Waals surface area contributed by atoms with Crippen molar-refractivity contribution >= 4 is 11.9 Å². The summed E-state index contributed by atoms with van der Waals surface area (Å²) in [6.45, 7) is 0.969. The molecule has 0 atom stereocenters. The van der Waals surface area contributed by atoms with Gasteiger partial charge in [-0.05, 0) is 23.3 Å².